The molecule has 0 spiro atoms. The maximum absolute atomic E-state index is 11.9. The molecule has 0 heterocycles. The van der Waals surface area contributed by atoms with Crippen molar-refractivity contribution in [3.05, 3.63) is 29.8 Å². The molecule has 1 N–H and O–H groups in total. The van der Waals surface area contributed by atoms with Crippen molar-refractivity contribution < 1.29 is 14.3 Å². The van der Waals surface area contributed by atoms with Crippen molar-refractivity contribution in [3.8, 4) is 5.75 Å². The monoisotopic (exact) mass is 279 g/mol. The molecule has 0 fully saturated rings. The molecule has 1 rings (SSSR count). The van der Waals surface area contributed by atoms with Gasteiger partial charge in [-0.05, 0) is 31.0 Å². The summed E-state index contributed by atoms with van der Waals surface area (Å²) in [5.74, 6) is 0.867. The van der Waals surface area contributed by atoms with Crippen LogP contribution in [-0.4, -0.2) is 31.8 Å². The van der Waals surface area contributed by atoms with Crippen LogP contribution in [0, 0.1) is 0 Å². The van der Waals surface area contributed by atoms with Crippen LogP contribution in [0.25, 0.3) is 0 Å². The van der Waals surface area contributed by atoms with E-state index in [1.165, 1.54) is 7.11 Å². The minimum Gasteiger partial charge on any atom is -0.491 e. The van der Waals surface area contributed by atoms with Crippen LogP contribution in [0.15, 0.2) is 24.3 Å². The van der Waals surface area contributed by atoms with Gasteiger partial charge in [-0.1, -0.05) is 39.0 Å². The lowest BCUT2D eigenvalue weighted by Gasteiger charge is -2.28. The number of benzene rings is 1. The summed E-state index contributed by atoms with van der Waals surface area (Å²) >= 11 is 0. The van der Waals surface area contributed by atoms with Crippen LogP contribution in [0.1, 0.15) is 39.2 Å². The number of carbonyl (C=O) groups excluding carboxylic acids is 1. The number of carbonyl (C=O) groups is 1. The summed E-state index contributed by atoms with van der Waals surface area (Å²) in [5, 5.41) is 3.13. The Morgan fingerprint density at radius 2 is 2.00 bits per heavy atom. The molecule has 1 aromatic carbocycles. The highest BCUT2D eigenvalue weighted by atomic mass is 16.5. The Kier molecular flexibility index (Phi) is 6.02. The Hall–Kier alpha value is -1.55. The van der Waals surface area contributed by atoms with Gasteiger partial charge < -0.3 is 9.47 Å². The van der Waals surface area contributed by atoms with E-state index in [9.17, 15) is 4.79 Å². The van der Waals surface area contributed by atoms with Gasteiger partial charge in [-0.3, -0.25) is 5.32 Å². The van der Waals surface area contributed by atoms with E-state index in [0.29, 0.717) is 12.5 Å². The molecular weight excluding hydrogens is 254 g/mol. The predicted molar refractivity (Wildman–Crippen MR) is 80.1 cm³/mol. The molecule has 4 heteroatoms. The van der Waals surface area contributed by atoms with Crippen molar-refractivity contribution in [1.82, 2.24) is 5.32 Å². The molecule has 1 unspecified atom stereocenters. The third-order valence-electron chi connectivity index (χ3n) is 3.26. The van der Waals surface area contributed by atoms with E-state index >= 15 is 0 Å². The van der Waals surface area contributed by atoms with Gasteiger partial charge in [-0.15, -0.1) is 0 Å². The lowest BCUT2D eigenvalue weighted by atomic mass is 10.0. The summed E-state index contributed by atoms with van der Waals surface area (Å²) in [4.78, 5) is 11.9. The molecular formula is C16H25NO3. The molecule has 1 atom stereocenters. The number of para-hydroxylation sites is 1. The van der Waals surface area contributed by atoms with E-state index in [-0.39, 0.29) is 12.6 Å². The molecule has 0 radical (unpaired) electrons. The van der Waals surface area contributed by atoms with Crippen molar-refractivity contribution in [2.75, 3.05) is 20.3 Å². The summed E-state index contributed by atoms with van der Waals surface area (Å²) in [7, 11) is 1.39. The molecule has 0 aliphatic carbocycles. The van der Waals surface area contributed by atoms with E-state index < -0.39 is 5.54 Å². The van der Waals surface area contributed by atoms with Gasteiger partial charge in [0.05, 0.1) is 7.11 Å². The first-order valence-corrected chi connectivity index (χ1v) is 6.99. The SMILES string of the molecule is CCNC(C)(COc1ccccc1C(C)C)C(=O)OC. The highest BCUT2D eigenvalue weighted by molar-refractivity contribution is 5.80. The Balaban J connectivity index is 2.85. The van der Waals surface area contributed by atoms with Crippen LogP contribution in [0.3, 0.4) is 0 Å². The molecule has 0 aliphatic heterocycles. The molecule has 0 aromatic heterocycles. The standard InChI is InChI=1S/C16H25NO3/c1-6-17-16(4,15(18)19-5)11-20-14-10-8-7-9-13(14)12(2)3/h7-10,12,17H,6,11H2,1-5H3. The Labute approximate surface area is 121 Å². The van der Waals surface area contributed by atoms with Gasteiger partial charge in [-0.2, -0.15) is 0 Å². The van der Waals surface area contributed by atoms with Crippen LogP contribution in [-0.2, 0) is 9.53 Å². The molecule has 1 aromatic rings. The normalized spacial score (nSPS) is 13.9. The highest BCUT2D eigenvalue weighted by Gasteiger charge is 2.34. The Morgan fingerprint density at radius 1 is 1.35 bits per heavy atom. The second-order valence-corrected chi connectivity index (χ2v) is 5.34. The second-order valence-electron chi connectivity index (χ2n) is 5.34. The highest BCUT2D eigenvalue weighted by Crippen LogP contribution is 2.26. The van der Waals surface area contributed by atoms with Gasteiger partial charge in [0.2, 0.25) is 0 Å². The van der Waals surface area contributed by atoms with Gasteiger partial charge in [0, 0.05) is 0 Å². The fourth-order valence-electron chi connectivity index (χ4n) is 2.11. The van der Waals surface area contributed by atoms with Gasteiger partial charge in [0.25, 0.3) is 0 Å². The zero-order valence-electron chi connectivity index (χ0n) is 13.0. The van der Waals surface area contributed by atoms with Crippen LogP contribution in [0.4, 0.5) is 0 Å². The number of hydrogen-bond acceptors (Lipinski definition) is 4. The topological polar surface area (TPSA) is 47.6 Å². The third kappa shape index (κ3) is 3.97. The van der Waals surface area contributed by atoms with E-state index in [1.807, 2.05) is 31.2 Å². The first-order valence-electron chi connectivity index (χ1n) is 6.99. The average molecular weight is 279 g/mol. The molecule has 0 saturated heterocycles. The predicted octanol–water partition coefficient (Wildman–Crippen LogP) is 2.73. The summed E-state index contributed by atoms with van der Waals surface area (Å²) in [6, 6.07) is 7.90. The van der Waals surface area contributed by atoms with Gasteiger partial charge in [0.1, 0.15) is 17.9 Å². The third-order valence-corrected chi connectivity index (χ3v) is 3.26. The van der Waals surface area contributed by atoms with Crippen LogP contribution in [0.2, 0.25) is 0 Å². The second kappa shape index (κ2) is 7.29. The number of likely N-dealkylation sites (N-methyl/N-ethyl adjacent to an activating group) is 1. The average Bonchev–Trinajstić information content (AvgIpc) is 2.44. The molecule has 20 heavy (non-hydrogen) atoms. The molecule has 0 amide bonds. The lowest BCUT2D eigenvalue weighted by Crippen LogP contribution is -2.54. The number of esters is 1. The molecule has 4 nitrogen and oxygen atoms in total. The number of nitrogens with one attached hydrogen (secondary N) is 1. The molecule has 0 saturated carbocycles. The fourth-order valence-corrected chi connectivity index (χ4v) is 2.11. The van der Waals surface area contributed by atoms with Crippen LogP contribution >= 0.6 is 0 Å². The Morgan fingerprint density at radius 3 is 2.55 bits per heavy atom. The largest absolute Gasteiger partial charge is 0.491 e. The van der Waals surface area contributed by atoms with Gasteiger partial charge in [-0.25, -0.2) is 4.79 Å². The van der Waals surface area contributed by atoms with Gasteiger partial charge >= 0.3 is 5.97 Å². The summed E-state index contributed by atoms with van der Waals surface area (Å²) < 4.78 is 10.7. The number of ether oxygens (including phenoxy) is 2. The fraction of sp³-hybridized carbons (Fsp3) is 0.562. The van der Waals surface area contributed by atoms with E-state index in [0.717, 1.165) is 11.3 Å². The van der Waals surface area contributed by atoms with Crippen molar-refractivity contribution in [1.29, 1.82) is 0 Å². The molecule has 0 bridgehead atoms. The minimum atomic E-state index is -0.840. The quantitative estimate of drug-likeness (QED) is 0.780. The van der Waals surface area contributed by atoms with Crippen molar-refractivity contribution in [3.63, 3.8) is 0 Å². The smallest absolute Gasteiger partial charge is 0.329 e. The van der Waals surface area contributed by atoms with Crippen molar-refractivity contribution in [2.45, 2.75) is 39.2 Å². The van der Waals surface area contributed by atoms with E-state index in [1.54, 1.807) is 6.92 Å². The first-order chi connectivity index (χ1) is 9.44. The zero-order valence-corrected chi connectivity index (χ0v) is 13.0. The van der Waals surface area contributed by atoms with Crippen LogP contribution < -0.4 is 10.1 Å². The van der Waals surface area contributed by atoms with Crippen LogP contribution in [0.5, 0.6) is 5.75 Å². The lowest BCUT2D eigenvalue weighted by molar-refractivity contribution is -0.149. The number of hydrogen-bond donors (Lipinski definition) is 1. The number of methoxy groups -OCH3 is 1. The maximum atomic E-state index is 11.9. The summed E-state index contributed by atoms with van der Waals surface area (Å²) in [6.45, 7) is 8.87. The van der Waals surface area contributed by atoms with E-state index in [4.69, 9.17) is 9.47 Å². The number of rotatable bonds is 7. The molecule has 0 aliphatic rings. The van der Waals surface area contributed by atoms with Crippen molar-refractivity contribution >= 4 is 5.97 Å². The summed E-state index contributed by atoms with van der Waals surface area (Å²) in [5.41, 5.74) is 0.296. The Bertz CT molecular complexity index is 445. The first kappa shape index (κ1) is 16.5. The maximum Gasteiger partial charge on any atom is 0.329 e. The van der Waals surface area contributed by atoms with Gasteiger partial charge in [0.15, 0.2) is 0 Å². The molecule has 112 valence electrons. The van der Waals surface area contributed by atoms with Crippen molar-refractivity contribution in [2.24, 2.45) is 0 Å². The minimum absolute atomic E-state index is 0.233. The summed E-state index contributed by atoms with van der Waals surface area (Å²) in [6.07, 6.45) is 0. The zero-order chi connectivity index (χ0) is 15.2. The van der Waals surface area contributed by atoms with E-state index in [2.05, 4.69) is 19.2 Å².